The van der Waals surface area contributed by atoms with E-state index in [1.807, 2.05) is 24.2 Å². The first-order chi connectivity index (χ1) is 7.86. The molecule has 0 aromatic heterocycles. The van der Waals surface area contributed by atoms with Gasteiger partial charge in [-0.25, -0.2) is 5.01 Å². The zero-order valence-electron chi connectivity index (χ0n) is 11.9. The first-order valence-electron chi connectivity index (χ1n) is 6.00. The summed E-state index contributed by atoms with van der Waals surface area (Å²) in [4.78, 5) is 0. The van der Waals surface area contributed by atoms with Crippen molar-refractivity contribution in [3.63, 3.8) is 0 Å². The molecule has 2 nitrogen and oxygen atoms in total. The lowest BCUT2D eigenvalue weighted by Crippen LogP contribution is -2.48. The van der Waals surface area contributed by atoms with Crippen LogP contribution in [0.3, 0.4) is 0 Å². The fourth-order valence-corrected chi connectivity index (χ4v) is 1.38. The number of rotatable bonds is 7. The minimum absolute atomic E-state index is 0.0320. The zero-order chi connectivity index (χ0) is 13.5. The first-order valence-corrected chi connectivity index (χ1v) is 6.00. The number of hydrazine groups is 1. The van der Waals surface area contributed by atoms with Crippen molar-refractivity contribution in [3.8, 4) is 0 Å². The van der Waals surface area contributed by atoms with Crippen LogP contribution in [0.5, 0.6) is 0 Å². The van der Waals surface area contributed by atoms with Gasteiger partial charge in [0.25, 0.3) is 0 Å². The van der Waals surface area contributed by atoms with Crippen LogP contribution in [-0.2, 0) is 0 Å². The van der Waals surface area contributed by atoms with Gasteiger partial charge in [0.2, 0.25) is 0 Å². The lowest BCUT2D eigenvalue weighted by molar-refractivity contribution is -0.00104. The molecule has 0 N–H and O–H groups in total. The zero-order valence-corrected chi connectivity index (χ0v) is 11.9. The van der Waals surface area contributed by atoms with Crippen LogP contribution < -0.4 is 0 Å². The maximum Gasteiger partial charge on any atom is 0.0523 e. The second-order valence-corrected chi connectivity index (χ2v) is 4.60. The third-order valence-corrected chi connectivity index (χ3v) is 2.89. The Labute approximate surface area is 107 Å². The second kappa shape index (κ2) is 7.13. The van der Waals surface area contributed by atoms with Crippen LogP contribution in [0.4, 0.5) is 0 Å². The van der Waals surface area contributed by atoms with Crippen molar-refractivity contribution >= 4 is 0 Å². The SMILES string of the molecule is C=C/C=C\C(=C)N(C)N(C)C(C)(C)/C=C\CC. The molecule has 2 heteroatoms. The molecule has 0 bridgehead atoms. The molecular weight excluding hydrogens is 208 g/mol. The Morgan fingerprint density at radius 3 is 2.35 bits per heavy atom. The Hall–Kier alpha value is -1.28. The number of allylic oxidation sites excluding steroid dienone is 4. The highest BCUT2D eigenvalue weighted by molar-refractivity contribution is 5.17. The van der Waals surface area contributed by atoms with E-state index in [2.05, 4.69) is 58.1 Å². The number of likely N-dealkylation sites (N-methyl/N-ethyl adjacent to an activating group) is 2. The minimum atomic E-state index is -0.0320. The van der Waals surface area contributed by atoms with Crippen molar-refractivity contribution in [1.82, 2.24) is 10.0 Å². The standard InChI is InChI=1S/C15H26N2/c1-8-10-12-14(3)16(6)17(7)15(4,5)13-11-9-2/h8,10-13H,1,3,9H2,2,4-7H3/b12-10-,13-11-. The molecule has 0 aromatic carbocycles. The topological polar surface area (TPSA) is 6.48 Å². The molecule has 17 heavy (non-hydrogen) atoms. The van der Waals surface area contributed by atoms with Crippen LogP contribution in [0.2, 0.25) is 0 Å². The van der Waals surface area contributed by atoms with E-state index in [9.17, 15) is 0 Å². The van der Waals surface area contributed by atoms with Gasteiger partial charge >= 0.3 is 0 Å². The van der Waals surface area contributed by atoms with Gasteiger partial charge in [0, 0.05) is 19.8 Å². The van der Waals surface area contributed by atoms with Gasteiger partial charge in [-0.1, -0.05) is 44.4 Å². The summed E-state index contributed by atoms with van der Waals surface area (Å²) in [6.07, 6.45) is 11.0. The Balaban J connectivity index is 4.73. The van der Waals surface area contributed by atoms with E-state index >= 15 is 0 Å². The molecule has 0 radical (unpaired) electrons. The molecule has 0 saturated carbocycles. The molecule has 0 rings (SSSR count). The maximum atomic E-state index is 4.03. The van der Waals surface area contributed by atoms with E-state index in [4.69, 9.17) is 0 Å². The molecule has 0 saturated heterocycles. The van der Waals surface area contributed by atoms with Gasteiger partial charge in [0.1, 0.15) is 0 Å². The van der Waals surface area contributed by atoms with E-state index in [-0.39, 0.29) is 5.54 Å². The van der Waals surface area contributed by atoms with Crippen molar-refractivity contribution in [2.75, 3.05) is 14.1 Å². The highest BCUT2D eigenvalue weighted by Crippen LogP contribution is 2.18. The predicted molar refractivity (Wildman–Crippen MR) is 77.5 cm³/mol. The molecule has 0 aliphatic heterocycles. The average Bonchev–Trinajstić information content (AvgIpc) is 2.31. The normalized spacial score (nSPS) is 12.6. The molecule has 0 atom stereocenters. The molecule has 0 spiro atoms. The number of hydrogen-bond donors (Lipinski definition) is 0. The van der Waals surface area contributed by atoms with Crippen molar-refractivity contribution in [2.24, 2.45) is 0 Å². The quantitative estimate of drug-likeness (QED) is 0.376. The van der Waals surface area contributed by atoms with Crippen LogP contribution in [0.1, 0.15) is 27.2 Å². The third-order valence-electron chi connectivity index (χ3n) is 2.89. The molecule has 0 aliphatic carbocycles. The molecule has 0 unspecified atom stereocenters. The van der Waals surface area contributed by atoms with Crippen molar-refractivity contribution in [1.29, 1.82) is 0 Å². The van der Waals surface area contributed by atoms with E-state index in [1.54, 1.807) is 6.08 Å². The molecular formula is C15H26N2. The molecule has 0 amide bonds. The highest BCUT2D eigenvalue weighted by Gasteiger charge is 2.23. The summed E-state index contributed by atoms with van der Waals surface area (Å²) < 4.78 is 0. The fraction of sp³-hybridized carbons (Fsp3) is 0.467. The van der Waals surface area contributed by atoms with Gasteiger partial charge in [0.05, 0.1) is 5.54 Å². The summed E-state index contributed by atoms with van der Waals surface area (Å²) >= 11 is 0. The van der Waals surface area contributed by atoms with Gasteiger partial charge < -0.3 is 5.01 Å². The largest absolute Gasteiger partial charge is 0.309 e. The van der Waals surface area contributed by atoms with Crippen LogP contribution >= 0.6 is 0 Å². The fourth-order valence-electron chi connectivity index (χ4n) is 1.38. The Kier molecular flexibility index (Phi) is 6.59. The van der Waals surface area contributed by atoms with E-state index < -0.39 is 0 Å². The van der Waals surface area contributed by atoms with E-state index in [0.29, 0.717) is 0 Å². The lowest BCUT2D eigenvalue weighted by atomic mass is 10.0. The maximum absolute atomic E-state index is 4.03. The van der Waals surface area contributed by atoms with Crippen LogP contribution in [-0.4, -0.2) is 29.7 Å². The summed E-state index contributed by atoms with van der Waals surface area (Å²) in [6.45, 7) is 14.2. The van der Waals surface area contributed by atoms with E-state index in [1.165, 1.54) is 0 Å². The van der Waals surface area contributed by atoms with Crippen molar-refractivity contribution < 1.29 is 0 Å². The van der Waals surface area contributed by atoms with Gasteiger partial charge in [0.15, 0.2) is 0 Å². The van der Waals surface area contributed by atoms with Gasteiger partial charge in [-0.05, 0) is 26.3 Å². The highest BCUT2D eigenvalue weighted by atomic mass is 15.6. The van der Waals surface area contributed by atoms with Gasteiger partial charge in [-0.3, -0.25) is 0 Å². The third kappa shape index (κ3) is 5.05. The molecule has 96 valence electrons. The summed E-state index contributed by atoms with van der Waals surface area (Å²) in [6, 6.07) is 0. The first kappa shape index (κ1) is 15.7. The summed E-state index contributed by atoms with van der Waals surface area (Å²) in [5, 5.41) is 4.20. The van der Waals surface area contributed by atoms with Gasteiger partial charge in [-0.2, -0.15) is 0 Å². The monoisotopic (exact) mass is 234 g/mol. The summed E-state index contributed by atoms with van der Waals surface area (Å²) in [7, 11) is 4.07. The smallest absolute Gasteiger partial charge is 0.0523 e. The molecule has 0 fully saturated rings. The van der Waals surface area contributed by atoms with Gasteiger partial charge in [-0.15, -0.1) is 0 Å². The Morgan fingerprint density at radius 1 is 1.29 bits per heavy atom. The second-order valence-electron chi connectivity index (χ2n) is 4.60. The van der Waals surface area contributed by atoms with Crippen LogP contribution in [0.15, 0.2) is 49.2 Å². The lowest BCUT2D eigenvalue weighted by Gasteiger charge is -2.41. The van der Waals surface area contributed by atoms with Crippen molar-refractivity contribution in [2.45, 2.75) is 32.7 Å². The number of nitrogens with zero attached hydrogens (tertiary/aromatic N) is 2. The molecule has 0 heterocycles. The van der Waals surface area contributed by atoms with E-state index in [0.717, 1.165) is 12.1 Å². The predicted octanol–water partition coefficient (Wildman–Crippen LogP) is 3.77. The average molecular weight is 234 g/mol. The van der Waals surface area contributed by atoms with Crippen LogP contribution in [0.25, 0.3) is 0 Å². The Morgan fingerprint density at radius 2 is 1.88 bits per heavy atom. The summed E-state index contributed by atoms with van der Waals surface area (Å²) in [5.74, 6) is 0. The van der Waals surface area contributed by atoms with Crippen LogP contribution in [0, 0.1) is 0 Å². The molecule has 0 aromatic rings. The van der Waals surface area contributed by atoms with Crippen molar-refractivity contribution in [3.05, 3.63) is 49.2 Å². The minimum Gasteiger partial charge on any atom is -0.309 e. The molecule has 0 aliphatic rings. The Bertz CT molecular complexity index is 311. The summed E-state index contributed by atoms with van der Waals surface area (Å²) in [5.41, 5.74) is 0.904. The number of hydrogen-bond acceptors (Lipinski definition) is 2.